The van der Waals surface area contributed by atoms with Crippen molar-refractivity contribution in [3.05, 3.63) is 46.4 Å². The highest BCUT2D eigenvalue weighted by molar-refractivity contribution is 7.92. The molecule has 0 N–H and O–H groups in total. The Labute approximate surface area is 145 Å². The summed E-state index contributed by atoms with van der Waals surface area (Å²) in [5, 5.41) is 0.537. The summed E-state index contributed by atoms with van der Waals surface area (Å²) in [6.45, 7) is 0. The van der Waals surface area contributed by atoms with Crippen LogP contribution in [0.5, 0.6) is 11.5 Å². The number of benzene rings is 2. The van der Waals surface area contributed by atoms with Crippen LogP contribution in [0.15, 0.2) is 41.3 Å². The molecule has 23 heavy (non-hydrogen) atoms. The summed E-state index contributed by atoms with van der Waals surface area (Å²) in [5.74, 6) is 0.870. The molecule has 2 aromatic rings. The summed E-state index contributed by atoms with van der Waals surface area (Å²) in [4.78, 5) is 0.0535. The fourth-order valence-electron chi connectivity index (χ4n) is 1.96. The van der Waals surface area contributed by atoms with E-state index in [-0.39, 0.29) is 9.92 Å². The molecule has 8 heteroatoms. The molecule has 0 bridgehead atoms. The molecule has 0 saturated heterocycles. The standard InChI is InChI=1S/C15H15Cl2NO4S/c1-18(10-4-6-14(21-2)12(16)8-10)23(19,20)11-5-7-15(22-3)13(17)9-11/h4-9H,1-3H3. The summed E-state index contributed by atoms with van der Waals surface area (Å²) in [6.07, 6.45) is 0. The van der Waals surface area contributed by atoms with E-state index in [4.69, 9.17) is 32.7 Å². The summed E-state index contributed by atoms with van der Waals surface area (Å²) >= 11 is 12.1. The Bertz CT molecular complexity index is 824. The number of hydrogen-bond acceptors (Lipinski definition) is 4. The smallest absolute Gasteiger partial charge is 0.264 e. The molecular formula is C15H15Cl2NO4S. The monoisotopic (exact) mass is 375 g/mol. The zero-order chi connectivity index (χ0) is 17.2. The van der Waals surface area contributed by atoms with Crippen molar-refractivity contribution in [2.75, 3.05) is 25.6 Å². The second-order valence-electron chi connectivity index (χ2n) is 4.59. The van der Waals surface area contributed by atoms with Gasteiger partial charge < -0.3 is 9.47 Å². The summed E-state index contributed by atoms with van der Waals surface area (Å²) in [7, 11) is 0.600. The van der Waals surface area contributed by atoms with E-state index in [0.29, 0.717) is 22.2 Å². The van der Waals surface area contributed by atoms with Crippen molar-refractivity contribution in [2.45, 2.75) is 4.90 Å². The Morgan fingerprint density at radius 3 is 1.91 bits per heavy atom. The molecule has 0 aliphatic carbocycles. The van der Waals surface area contributed by atoms with Gasteiger partial charge in [-0.05, 0) is 36.4 Å². The summed E-state index contributed by atoms with van der Waals surface area (Å²) in [6, 6.07) is 9.00. The molecule has 124 valence electrons. The van der Waals surface area contributed by atoms with Gasteiger partial charge in [-0.15, -0.1) is 0 Å². The van der Waals surface area contributed by atoms with Gasteiger partial charge in [-0.3, -0.25) is 4.31 Å². The van der Waals surface area contributed by atoms with Crippen LogP contribution >= 0.6 is 23.2 Å². The average molecular weight is 376 g/mol. The largest absolute Gasteiger partial charge is 0.495 e. The lowest BCUT2D eigenvalue weighted by molar-refractivity contribution is 0.414. The molecule has 0 amide bonds. The van der Waals surface area contributed by atoms with Crippen molar-refractivity contribution in [1.29, 1.82) is 0 Å². The molecular weight excluding hydrogens is 361 g/mol. The maximum Gasteiger partial charge on any atom is 0.264 e. The van der Waals surface area contributed by atoms with Crippen LogP contribution in [0.4, 0.5) is 5.69 Å². The van der Waals surface area contributed by atoms with Crippen molar-refractivity contribution < 1.29 is 17.9 Å². The van der Waals surface area contributed by atoms with Gasteiger partial charge in [0.2, 0.25) is 0 Å². The highest BCUT2D eigenvalue weighted by Crippen LogP contribution is 2.33. The fourth-order valence-corrected chi connectivity index (χ4v) is 3.74. The minimum Gasteiger partial charge on any atom is -0.495 e. The molecule has 0 fully saturated rings. The Hall–Kier alpha value is -1.63. The first kappa shape index (κ1) is 17.7. The molecule has 0 aliphatic heterocycles. The van der Waals surface area contributed by atoms with Gasteiger partial charge in [0, 0.05) is 7.05 Å². The number of halogens is 2. The van der Waals surface area contributed by atoms with Gasteiger partial charge in [-0.2, -0.15) is 0 Å². The van der Waals surface area contributed by atoms with Crippen LogP contribution in [-0.2, 0) is 10.0 Å². The predicted octanol–water partition coefficient (Wildman–Crippen LogP) is 3.84. The first-order valence-corrected chi connectivity index (χ1v) is 8.67. The van der Waals surface area contributed by atoms with Crippen molar-refractivity contribution >= 4 is 38.9 Å². The number of nitrogens with zero attached hydrogens (tertiary/aromatic N) is 1. The summed E-state index contributed by atoms with van der Waals surface area (Å²) in [5.41, 5.74) is 0.405. The lowest BCUT2D eigenvalue weighted by atomic mass is 10.3. The second kappa shape index (κ2) is 6.86. The summed E-state index contributed by atoms with van der Waals surface area (Å²) < 4.78 is 36.6. The van der Waals surface area contributed by atoms with Gasteiger partial charge in [0.25, 0.3) is 10.0 Å². The molecule has 0 spiro atoms. The van der Waals surface area contributed by atoms with Crippen LogP contribution in [0.25, 0.3) is 0 Å². The number of methoxy groups -OCH3 is 2. The zero-order valence-corrected chi connectivity index (χ0v) is 15.0. The maximum absolute atomic E-state index is 12.7. The molecule has 5 nitrogen and oxygen atoms in total. The Morgan fingerprint density at radius 1 is 0.913 bits per heavy atom. The van der Waals surface area contributed by atoms with Crippen LogP contribution in [0, 0.1) is 0 Å². The molecule has 0 heterocycles. The van der Waals surface area contributed by atoms with E-state index in [1.165, 1.54) is 45.5 Å². The van der Waals surface area contributed by atoms with Crippen molar-refractivity contribution in [3.63, 3.8) is 0 Å². The SMILES string of the molecule is COc1ccc(N(C)S(=O)(=O)c2ccc(OC)c(Cl)c2)cc1Cl. The van der Waals surface area contributed by atoms with Gasteiger partial charge >= 0.3 is 0 Å². The molecule has 2 aromatic carbocycles. The third-order valence-corrected chi connectivity index (χ3v) is 5.65. The van der Waals surface area contributed by atoms with Gasteiger partial charge in [0.15, 0.2) is 0 Å². The van der Waals surface area contributed by atoms with Crippen LogP contribution < -0.4 is 13.8 Å². The number of hydrogen-bond donors (Lipinski definition) is 0. The number of rotatable bonds is 5. The fraction of sp³-hybridized carbons (Fsp3) is 0.200. The quantitative estimate of drug-likeness (QED) is 0.796. The minimum absolute atomic E-state index is 0.0535. The van der Waals surface area contributed by atoms with Gasteiger partial charge in [0.1, 0.15) is 11.5 Å². The highest BCUT2D eigenvalue weighted by atomic mass is 35.5. The lowest BCUT2D eigenvalue weighted by Gasteiger charge is -2.20. The number of sulfonamides is 1. The molecule has 0 saturated carbocycles. The molecule has 2 rings (SSSR count). The highest BCUT2D eigenvalue weighted by Gasteiger charge is 2.23. The van der Waals surface area contributed by atoms with Gasteiger partial charge in [-0.1, -0.05) is 23.2 Å². The molecule has 0 unspecified atom stereocenters. The van der Waals surface area contributed by atoms with Crippen molar-refractivity contribution in [1.82, 2.24) is 0 Å². The number of anilines is 1. The van der Waals surface area contributed by atoms with E-state index >= 15 is 0 Å². The Kier molecular flexibility index (Phi) is 5.29. The molecule has 0 aliphatic rings. The molecule has 0 radical (unpaired) electrons. The van der Waals surface area contributed by atoms with Crippen LogP contribution in [0.1, 0.15) is 0 Å². The Balaban J connectivity index is 2.42. The minimum atomic E-state index is -3.78. The molecule has 0 aromatic heterocycles. The van der Waals surface area contributed by atoms with Crippen LogP contribution in [0.3, 0.4) is 0 Å². The average Bonchev–Trinajstić information content (AvgIpc) is 2.53. The van der Waals surface area contributed by atoms with E-state index in [0.717, 1.165) is 4.31 Å². The maximum atomic E-state index is 12.7. The van der Waals surface area contributed by atoms with Crippen LogP contribution in [0.2, 0.25) is 10.0 Å². The van der Waals surface area contributed by atoms with E-state index in [9.17, 15) is 8.42 Å². The second-order valence-corrected chi connectivity index (χ2v) is 7.37. The predicted molar refractivity (Wildman–Crippen MR) is 91.6 cm³/mol. The molecule has 0 atom stereocenters. The third-order valence-electron chi connectivity index (χ3n) is 3.28. The topological polar surface area (TPSA) is 55.8 Å². The first-order valence-electron chi connectivity index (χ1n) is 6.47. The van der Waals surface area contributed by atoms with E-state index in [2.05, 4.69) is 0 Å². The van der Waals surface area contributed by atoms with E-state index in [1.807, 2.05) is 0 Å². The number of ether oxygens (including phenoxy) is 2. The first-order chi connectivity index (χ1) is 10.8. The Morgan fingerprint density at radius 2 is 1.43 bits per heavy atom. The van der Waals surface area contributed by atoms with Gasteiger partial charge in [0.05, 0.1) is 34.8 Å². The zero-order valence-electron chi connectivity index (χ0n) is 12.7. The van der Waals surface area contributed by atoms with Crippen molar-refractivity contribution in [3.8, 4) is 11.5 Å². The van der Waals surface area contributed by atoms with E-state index in [1.54, 1.807) is 12.1 Å². The van der Waals surface area contributed by atoms with E-state index < -0.39 is 10.0 Å². The third kappa shape index (κ3) is 3.49. The van der Waals surface area contributed by atoms with Crippen LogP contribution in [-0.4, -0.2) is 29.7 Å². The lowest BCUT2D eigenvalue weighted by Crippen LogP contribution is -2.26. The van der Waals surface area contributed by atoms with Crippen molar-refractivity contribution in [2.24, 2.45) is 0 Å². The van der Waals surface area contributed by atoms with Gasteiger partial charge in [-0.25, -0.2) is 8.42 Å². The normalized spacial score (nSPS) is 11.2.